The van der Waals surface area contributed by atoms with Crippen LogP contribution in [-0.4, -0.2) is 68.1 Å². The number of nitrogens with one attached hydrogen (secondary N) is 5. The number of aromatic nitrogens is 4. The zero-order chi connectivity index (χ0) is 40.4. The van der Waals surface area contributed by atoms with Gasteiger partial charge in [0.15, 0.2) is 23.2 Å². The molecule has 2 heterocycles. The summed E-state index contributed by atoms with van der Waals surface area (Å²) in [7, 11) is -3.39. The number of carbonyl (C=O) groups excluding carboxylic acids is 4. The third kappa shape index (κ3) is 12.3. The molecule has 2 saturated carbocycles. The van der Waals surface area contributed by atoms with Crippen LogP contribution in [0.4, 0.5) is 40.0 Å². The Morgan fingerprint density at radius 3 is 1.57 bits per heavy atom. The first-order chi connectivity index (χ1) is 26.6. The zero-order valence-corrected chi connectivity index (χ0v) is 32.2. The molecule has 17 nitrogen and oxygen atoms in total. The Morgan fingerprint density at radius 2 is 1.14 bits per heavy atom. The van der Waals surface area contributed by atoms with Crippen molar-refractivity contribution in [1.82, 2.24) is 23.4 Å². The minimum Gasteiger partial charge on any atom is -0.481 e. The van der Waals surface area contributed by atoms with E-state index < -0.39 is 39.7 Å². The van der Waals surface area contributed by atoms with Gasteiger partial charge >= 0.3 is 18.0 Å². The number of hydrogen-bond donors (Lipinski definition) is 6. The molecule has 0 unspecified atom stereocenters. The lowest BCUT2D eigenvalue weighted by Gasteiger charge is -2.13. The molecule has 2 aliphatic carbocycles. The van der Waals surface area contributed by atoms with Gasteiger partial charge < -0.3 is 15.7 Å². The maximum atomic E-state index is 13.7. The van der Waals surface area contributed by atoms with E-state index in [1.807, 2.05) is 0 Å². The topological polar surface area (TPSA) is 251 Å². The molecular weight excluding hydrogens is 797 g/mol. The second-order valence-corrected chi connectivity index (χ2v) is 16.3. The van der Waals surface area contributed by atoms with E-state index in [-0.39, 0.29) is 80.8 Å². The van der Waals surface area contributed by atoms with Crippen LogP contribution in [0.3, 0.4) is 0 Å². The number of ketones is 2. The fourth-order valence-corrected chi connectivity index (χ4v) is 7.61. The molecule has 2 fully saturated rings. The Labute approximate surface area is 327 Å². The number of urea groups is 2. The molecule has 2 aliphatic rings. The van der Waals surface area contributed by atoms with Crippen molar-refractivity contribution in [3.8, 4) is 0 Å². The number of aliphatic carboxylic acids is 1. The highest BCUT2D eigenvalue weighted by atomic mass is 32.2. The summed E-state index contributed by atoms with van der Waals surface area (Å²) in [6, 6.07) is 5.93. The monoisotopic (exact) mass is 833 g/mol. The van der Waals surface area contributed by atoms with E-state index in [0.29, 0.717) is 0 Å². The fraction of sp³-hybridized carbons (Fsp3) is 0.382. The summed E-state index contributed by atoms with van der Waals surface area (Å²) in [4.78, 5) is 68.4. The molecule has 4 aromatic rings. The van der Waals surface area contributed by atoms with Gasteiger partial charge in [-0.05, 0) is 62.1 Å². The average Bonchev–Trinajstić information content (AvgIpc) is 3.98. The van der Waals surface area contributed by atoms with E-state index in [1.165, 1.54) is 18.2 Å². The van der Waals surface area contributed by atoms with Crippen LogP contribution >= 0.6 is 23.1 Å². The summed E-state index contributed by atoms with van der Waals surface area (Å²) in [5.41, 5.74) is 0.702. The second-order valence-electron chi connectivity index (χ2n) is 12.9. The summed E-state index contributed by atoms with van der Waals surface area (Å²) in [5.74, 6) is -2.56. The minimum atomic E-state index is -3.39. The maximum Gasteiger partial charge on any atom is 0.325 e. The second kappa shape index (κ2) is 19.0. The quantitative estimate of drug-likeness (QED) is 0.0841. The highest BCUT2D eigenvalue weighted by molar-refractivity contribution is 7.88. The molecule has 0 bridgehead atoms. The zero-order valence-electron chi connectivity index (χ0n) is 29.8. The number of carboxylic acids is 1. The van der Waals surface area contributed by atoms with E-state index in [4.69, 9.17) is 5.11 Å². The van der Waals surface area contributed by atoms with Gasteiger partial charge in [0.1, 0.15) is 18.1 Å². The lowest BCUT2D eigenvalue weighted by atomic mass is 9.95. The van der Waals surface area contributed by atoms with Crippen LogP contribution in [0.2, 0.25) is 0 Å². The van der Waals surface area contributed by atoms with Crippen molar-refractivity contribution < 1.29 is 46.3 Å². The number of benzene rings is 2. The van der Waals surface area contributed by atoms with Gasteiger partial charge in [-0.25, -0.2) is 41.5 Å². The number of anilines is 4. The highest BCUT2D eigenvalue weighted by Crippen LogP contribution is 2.32. The fourth-order valence-electron chi connectivity index (χ4n) is 6.06. The van der Waals surface area contributed by atoms with E-state index in [0.717, 1.165) is 98.9 Å². The lowest BCUT2D eigenvalue weighted by molar-refractivity contribution is -0.136. The number of sulfonamides is 1. The molecule has 6 N–H and O–H groups in total. The van der Waals surface area contributed by atoms with Gasteiger partial charge in [0.2, 0.25) is 20.3 Å². The molecule has 56 heavy (non-hydrogen) atoms. The van der Waals surface area contributed by atoms with E-state index in [9.17, 15) is 41.2 Å². The number of Topliss-reactive ketones (excluding diaryl/α,β-unsaturated/α-hetero) is 2. The highest BCUT2D eigenvalue weighted by Gasteiger charge is 2.28. The van der Waals surface area contributed by atoms with Crippen LogP contribution in [-0.2, 0) is 27.8 Å². The van der Waals surface area contributed by atoms with Crippen molar-refractivity contribution in [2.75, 3.05) is 27.5 Å². The van der Waals surface area contributed by atoms with Crippen LogP contribution in [0.25, 0.3) is 0 Å². The smallest absolute Gasteiger partial charge is 0.325 e. The standard InChI is InChI=1S/C17H20FN5O4S2.C17H17FN4O4S/c1-29(26,27)19-9-14-21-17(28-23-14)22-16(25)20-13-7-6-11(18)8-12(13)15(24)10-4-2-3-5-10;18-10-5-6-12(11(7-10)15(25)9-3-1-2-4-9)19-16(26)21-17-20-13(22-27-17)8-14(23)24/h6-8,10,19H,2-5,9H2,1H3,(H2,20,21,22,23,25);5-7,9H,1-4,8H2,(H,23,24)(H2,19,20,21,22,26). The Balaban J connectivity index is 0.000000215. The summed E-state index contributed by atoms with van der Waals surface area (Å²) in [5, 5.41) is 19.0. The summed E-state index contributed by atoms with van der Waals surface area (Å²) in [6.45, 7) is -0.101. The number of amides is 4. The average molecular weight is 834 g/mol. The Kier molecular flexibility index (Phi) is 14.2. The molecule has 0 aliphatic heterocycles. The molecule has 4 amide bonds. The van der Waals surface area contributed by atoms with Crippen LogP contribution in [0, 0.1) is 23.5 Å². The van der Waals surface area contributed by atoms with Gasteiger partial charge in [-0.1, -0.05) is 25.7 Å². The Bertz CT molecular complexity index is 2200. The molecule has 0 spiro atoms. The van der Waals surface area contributed by atoms with Crippen molar-refractivity contribution in [3.63, 3.8) is 0 Å². The van der Waals surface area contributed by atoms with Gasteiger partial charge in [-0.3, -0.25) is 25.0 Å². The van der Waals surface area contributed by atoms with E-state index in [2.05, 4.69) is 44.7 Å². The van der Waals surface area contributed by atoms with E-state index in [1.54, 1.807) is 0 Å². The third-order valence-electron chi connectivity index (χ3n) is 8.62. The predicted molar refractivity (Wildman–Crippen MR) is 204 cm³/mol. The molecule has 298 valence electrons. The van der Waals surface area contributed by atoms with Gasteiger partial charge in [-0.2, -0.15) is 8.75 Å². The first kappa shape index (κ1) is 41.8. The molecule has 0 saturated heterocycles. The number of hydrogen-bond acceptors (Lipinski definition) is 13. The van der Waals surface area contributed by atoms with Crippen molar-refractivity contribution >= 4 is 84.3 Å². The first-order valence-electron chi connectivity index (χ1n) is 17.3. The third-order valence-corrected chi connectivity index (χ3v) is 10.6. The Morgan fingerprint density at radius 1 is 0.714 bits per heavy atom. The van der Waals surface area contributed by atoms with Crippen molar-refractivity contribution in [2.24, 2.45) is 11.8 Å². The number of halogens is 2. The molecule has 6 rings (SSSR count). The predicted octanol–water partition coefficient (Wildman–Crippen LogP) is 6.06. The van der Waals surface area contributed by atoms with Gasteiger partial charge in [-0.15, -0.1) is 0 Å². The van der Waals surface area contributed by atoms with Crippen LogP contribution in [0.5, 0.6) is 0 Å². The van der Waals surface area contributed by atoms with Crippen molar-refractivity contribution in [2.45, 2.75) is 64.3 Å². The SMILES string of the molecule is CS(=O)(=O)NCc1nsc(NC(=O)Nc2ccc(F)cc2C(=O)C2CCCC2)n1.O=C(O)Cc1nsc(NC(=O)Nc2ccc(F)cc2C(=O)C2CCCC2)n1. The van der Waals surface area contributed by atoms with E-state index >= 15 is 0 Å². The number of nitrogens with zero attached hydrogens (tertiary/aromatic N) is 4. The molecule has 2 aromatic heterocycles. The number of carboxylic acid groups (broad SMARTS) is 1. The summed E-state index contributed by atoms with van der Waals surface area (Å²) in [6.07, 6.45) is 7.56. The number of carbonyl (C=O) groups is 5. The molecular formula is C34H37F2N9O8S3. The van der Waals surface area contributed by atoms with Crippen LogP contribution < -0.4 is 26.0 Å². The van der Waals surface area contributed by atoms with Crippen LogP contribution in [0.1, 0.15) is 83.7 Å². The van der Waals surface area contributed by atoms with Gasteiger partial charge in [0.25, 0.3) is 0 Å². The first-order valence-corrected chi connectivity index (χ1v) is 20.7. The minimum absolute atomic E-state index is 0.0849. The molecule has 2 aromatic carbocycles. The molecule has 0 radical (unpaired) electrons. The Hall–Kier alpha value is -5.32. The summed E-state index contributed by atoms with van der Waals surface area (Å²) < 4.78 is 59.6. The number of rotatable bonds is 13. The largest absolute Gasteiger partial charge is 0.481 e. The molecule has 22 heteroatoms. The van der Waals surface area contributed by atoms with Crippen molar-refractivity contribution in [3.05, 3.63) is 70.8 Å². The van der Waals surface area contributed by atoms with Gasteiger partial charge in [0, 0.05) is 46.0 Å². The molecule has 0 atom stereocenters. The lowest BCUT2D eigenvalue weighted by Crippen LogP contribution is -2.23. The summed E-state index contributed by atoms with van der Waals surface area (Å²) >= 11 is 1.72. The maximum absolute atomic E-state index is 13.7. The van der Waals surface area contributed by atoms with Crippen LogP contribution in [0.15, 0.2) is 36.4 Å². The van der Waals surface area contributed by atoms with Crippen molar-refractivity contribution in [1.29, 1.82) is 0 Å². The normalized spacial score (nSPS) is 14.4. The van der Waals surface area contributed by atoms with Gasteiger partial charge in [0.05, 0.1) is 24.2 Å².